The highest BCUT2D eigenvalue weighted by atomic mass is 35.5. The Morgan fingerprint density at radius 3 is 2.17 bits per heavy atom. The van der Waals surface area contributed by atoms with E-state index < -0.39 is 31.6 Å². The first-order chi connectivity index (χ1) is 13.7. The number of benzene rings is 2. The van der Waals surface area contributed by atoms with Crippen molar-refractivity contribution in [2.45, 2.75) is 10.6 Å². The van der Waals surface area contributed by atoms with Crippen LogP contribution in [0.1, 0.15) is 5.56 Å². The lowest BCUT2D eigenvalue weighted by molar-refractivity contribution is 0.591. The van der Waals surface area contributed by atoms with E-state index in [-0.39, 0.29) is 27.1 Å². The molecule has 29 heavy (non-hydrogen) atoms. The van der Waals surface area contributed by atoms with E-state index >= 15 is 0 Å². The SMILES string of the molecule is O=S(=O)(Cc1c(F)cccc1Cl)Nc1ccc(S(=O)(=O)Nc2ncccn2)cc1. The maximum atomic E-state index is 13.8. The predicted octanol–water partition coefficient (Wildman–Crippen LogP) is 3.01. The van der Waals surface area contributed by atoms with Crippen LogP contribution in [0.15, 0.2) is 65.8 Å². The van der Waals surface area contributed by atoms with Gasteiger partial charge in [-0.2, -0.15) is 0 Å². The molecule has 1 heterocycles. The number of nitrogens with one attached hydrogen (secondary N) is 2. The molecule has 8 nitrogen and oxygen atoms in total. The highest BCUT2D eigenvalue weighted by Crippen LogP contribution is 2.23. The summed E-state index contributed by atoms with van der Waals surface area (Å²) in [6, 6.07) is 10.3. The number of sulfonamides is 2. The van der Waals surface area contributed by atoms with E-state index in [2.05, 4.69) is 19.4 Å². The van der Waals surface area contributed by atoms with Gasteiger partial charge in [0.2, 0.25) is 16.0 Å². The van der Waals surface area contributed by atoms with Crippen LogP contribution < -0.4 is 9.44 Å². The van der Waals surface area contributed by atoms with Crippen LogP contribution in [-0.4, -0.2) is 26.8 Å². The minimum absolute atomic E-state index is 0.00831. The van der Waals surface area contributed by atoms with Gasteiger partial charge in [0, 0.05) is 28.7 Å². The Bertz CT molecular complexity index is 1200. The molecule has 1 aromatic heterocycles. The van der Waals surface area contributed by atoms with E-state index in [1.54, 1.807) is 0 Å². The van der Waals surface area contributed by atoms with Gasteiger partial charge in [0.1, 0.15) is 5.82 Å². The fraction of sp³-hybridized carbons (Fsp3) is 0.0588. The monoisotopic (exact) mass is 456 g/mol. The van der Waals surface area contributed by atoms with Crippen molar-refractivity contribution in [3.8, 4) is 0 Å². The fourth-order valence-electron chi connectivity index (χ4n) is 2.31. The number of hydrogen-bond donors (Lipinski definition) is 2. The number of anilines is 2. The van der Waals surface area contributed by atoms with E-state index in [1.165, 1.54) is 54.9 Å². The zero-order chi connectivity index (χ0) is 21.1. The summed E-state index contributed by atoms with van der Waals surface area (Å²) in [5.74, 6) is -1.51. The van der Waals surface area contributed by atoms with Gasteiger partial charge >= 0.3 is 0 Å². The summed E-state index contributed by atoms with van der Waals surface area (Å²) in [7, 11) is -7.94. The predicted molar refractivity (Wildman–Crippen MR) is 107 cm³/mol. The van der Waals surface area contributed by atoms with Gasteiger partial charge in [-0.1, -0.05) is 17.7 Å². The van der Waals surface area contributed by atoms with E-state index in [1.807, 2.05) is 0 Å². The van der Waals surface area contributed by atoms with Crippen molar-refractivity contribution in [2.24, 2.45) is 0 Å². The molecular formula is C17H14ClFN4O4S2. The van der Waals surface area contributed by atoms with Gasteiger partial charge in [0.15, 0.2) is 0 Å². The lowest BCUT2D eigenvalue weighted by Gasteiger charge is -2.11. The topological polar surface area (TPSA) is 118 Å². The van der Waals surface area contributed by atoms with Crippen LogP contribution in [0.4, 0.5) is 16.0 Å². The van der Waals surface area contributed by atoms with Crippen molar-refractivity contribution in [1.82, 2.24) is 9.97 Å². The molecule has 3 aromatic rings. The molecule has 2 N–H and O–H groups in total. The van der Waals surface area contributed by atoms with Gasteiger partial charge in [0.25, 0.3) is 10.0 Å². The molecule has 152 valence electrons. The summed E-state index contributed by atoms with van der Waals surface area (Å²) in [5.41, 5.74) is -0.0553. The molecule has 0 aliphatic rings. The Hall–Kier alpha value is -2.76. The molecule has 0 unspecified atom stereocenters. The molecule has 0 aliphatic carbocycles. The second kappa shape index (κ2) is 8.31. The Balaban J connectivity index is 1.74. The molecule has 0 amide bonds. The second-order valence-electron chi connectivity index (χ2n) is 5.76. The summed E-state index contributed by atoms with van der Waals surface area (Å²) in [5, 5.41) is -0.00831. The molecule has 0 atom stereocenters. The van der Waals surface area contributed by atoms with E-state index in [0.29, 0.717) is 0 Å². The van der Waals surface area contributed by atoms with Gasteiger partial charge in [-0.3, -0.25) is 4.72 Å². The zero-order valence-electron chi connectivity index (χ0n) is 14.6. The van der Waals surface area contributed by atoms with Crippen LogP contribution >= 0.6 is 11.6 Å². The van der Waals surface area contributed by atoms with Crippen molar-refractivity contribution in [3.05, 3.63) is 77.3 Å². The van der Waals surface area contributed by atoms with Gasteiger partial charge in [-0.25, -0.2) is 35.9 Å². The minimum atomic E-state index is -3.99. The maximum Gasteiger partial charge on any atom is 0.264 e. The third-order valence-electron chi connectivity index (χ3n) is 3.63. The molecule has 0 radical (unpaired) electrons. The third kappa shape index (κ3) is 5.40. The van der Waals surface area contributed by atoms with Crippen LogP contribution in [0.3, 0.4) is 0 Å². The van der Waals surface area contributed by atoms with E-state index in [4.69, 9.17) is 11.6 Å². The fourth-order valence-corrected chi connectivity index (χ4v) is 4.82. The van der Waals surface area contributed by atoms with Crippen LogP contribution in [0.25, 0.3) is 0 Å². The summed E-state index contributed by atoms with van der Waals surface area (Å²) in [4.78, 5) is 7.43. The van der Waals surface area contributed by atoms with Crippen LogP contribution in [0.2, 0.25) is 5.02 Å². The molecule has 0 bridgehead atoms. The van der Waals surface area contributed by atoms with Crippen LogP contribution in [0.5, 0.6) is 0 Å². The molecule has 0 saturated carbocycles. The summed E-state index contributed by atoms with van der Waals surface area (Å²) >= 11 is 5.86. The molecule has 0 fully saturated rings. The quantitative estimate of drug-likeness (QED) is 0.564. The first-order valence-corrected chi connectivity index (χ1v) is 11.5. The van der Waals surface area contributed by atoms with E-state index in [0.717, 1.165) is 6.07 Å². The number of hydrogen-bond acceptors (Lipinski definition) is 6. The normalized spacial score (nSPS) is 11.8. The largest absolute Gasteiger partial charge is 0.283 e. The highest BCUT2D eigenvalue weighted by Gasteiger charge is 2.19. The van der Waals surface area contributed by atoms with Crippen molar-refractivity contribution in [2.75, 3.05) is 9.44 Å². The van der Waals surface area contributed by atoms with Crippen LogP contribution in [0, 0.1) is 5.82 Å². The first-order valence-electron chi connectivity index (χ1n) is 7.99. The maximum absolute atomic E-state index is 13.8. The Kier molecular flexibility index (Phi) is 6.01. The smallest absolute Gasteiger partial charge is 0.264 e. The van der Waals surface area contributed by atoms with Gasteiger partial charge in [-0.15, -0.1) is 0 Å². The highest BCUT2D eigenvalue weighted by molar-refractivity contribution is 7.92. The van der Waals surface area contributed by atoms with Crippen molar-refractivity contribution in [3.63, 3.8) is 0 Å². The number of rotatable bonds is 7. The average molecular weight is 457 g/mol. The summed E-state index contributed by atoms with van der Waals surface area (Å²) in [6.07, 6.45) is 2.76. The molecule has 0 saturated heterocycles. The third-order valence-corrected chi connectivity index (χ3v) is 6.54. The lowest BCUT2D eigenvalue weighted by Crippen LogP contribution is -2.17. The summed E-state index contributed by atoms with van der Waals surface area (Å²) < 4.78 is 67.6. The molecule has 12 heteroatoms. The number of nitrogens with zero attached hydrogens (tertiary/aromatic N) is 2. The molecule has 0 aliphatic heterocycles. The number of aromatic nitrogens is 2. The second-order valence-corrected chi connectivity index (χ2v) is 9.58. The standard InChI is InChI=1S/C17H14ClFN4O4S2/c18-15-3-1-4-16(19)14(15)11-28(24,25)22-12-5-7-13(8-6-12)29(26,27)23-17-20-9-2-10-21-17/h1-10,22H,11H2,(H,20,21,23). The van der Waals surface area contributed by atoms with Gasteiger partial charge in [0.05, 0.1) is 10.6 Å². The zero-order valence-corrected chi connectivity index (χ0v) is 17.0. The lowest BCUT2D eigenvalue weighted by atomic mass is 10.2. The van der Waals surface area contributed by atoms with Gasteiger partial charge in [-0.05, 0) is 42.5 Å². The van der Waals surface area contributed by atoms with Gasteiger partial charge < -0.3 is 0 Å². The Morgan fingerprint density at radius 2 is 1.55 bits per heavy atom. The van der Waals surface area contributed by atoms with Crippen molar-refractivity contribution >= 4 is 43.3 Å². The average Bonchev–Trinajstić information content (AvgIpc) is 2.65. The van der Waals surface area contributed by atoms with Crippen molar-refractivity contribution < 1.29 is 21.2 Å². The molecule has 2 aromatic carbocycles. The van der Waals surface area contributed by atoms with Crippen molar-refractivity contribution in [1.29, 1.82) is 0 Å². The summed E-state index contributed by atoms with van der Waals surface area (Å²) in [6.45, 7) is 0. The molecule has 3 rings (SSSR count). The first kappa shape index (κ1) is 21.0. The Labute approximate surface area is 171 Å². The molecule has 0 spiro atoms. The van der Waals surface area contributed by atoms with E-state index in [9.17, 15) is 21.2 Å². The molecular weight excluding hydrogens is 443 g/mol. The minimum Gasteiger partial charge on any atom is -0.283 e. The van der Waals surface area contributed by atoms with Crippen LogP contribution in [-0.2, 0) is 25.8 Å². The Morgan fingerprint density at radius 1 is 0.897 bits per heavy atom. The number of halogens is 2.